The number of aryl methyl sites for hydroxylation is 1. The van der Waals surface area contributed by atoms with Crippen LogP contribution in [-0.2, 0) is 0 Å². The lowest BCUT2D eigenvalue weighted by atomic mass is 10.1. The summed E-state index contributed by atoms with van der Waals surface area (Å²) in [7, 11) is 0. The van der Waals surface area contributed by atoms with Crippen molar-refractivity contribution in [2.24, 2.45) is 5.73 Å². The van der Waals surface area contributed by atoms with E-state index >= 15 is 0 Å². The molecule has 17 heavy (non-hydrogen) atoms. The zero-order valence-corrected chi connectivity index (χ0v) is 9.78. The molecule has 2 N–H and O–H groups in total. The number of thiophene rings is 1. The summed E-state index contributed by atoms with van der Waals surface area (Å²) in [6.07, 6.45) is 0. The molecule has 0 aliphatic carbocycles. The molecule has 0 saturated heterocycles. The Labute approximate surface area is 101 Å². The summed E-state index contributed by atoms with van der Waals surface area (Å²) < 4.78 is 27.1. The summed E-state index contributed by atoms with van der Waals surface area (Å²) in [5, 5.41) is 0. The van der Waals surface area contributed by atoms with Crippen LogP contribution < -0.4 is 5.73 Å². The van der Waals surface area contributed by atoms with Gasteiger partial charge in [-0.2, -0.15) is 0 Å². The first-order valence-corrected chi connectivity index (χ1v) is 5.67. The van der Waals surface area contributed by atoms with Gasteiger partial charge in [0.05, 0.1) is 10.4 Å². The fourth-order valence-corrected chi connectivity index (χ4v) is 2.66. The summed E-state index contributed by atoms with van der Waals surface area (Å²) in [5.41, 5.74) is 5.67. The first-order valence-electron chi connectivity index (χ1n) is 4.85. The quantitative estimate of drug-likeness (QED) is 0.878. The Kier molecular flexibility index (Phi) is 2.93. The highest BCUT2D eigenvalue weighted by atomic mass is 32.1. The predicted molar refractivity (Wildman–Crippen MR) is 62.9 cm³/mol. The van der Waals surface area contributed by atoms with Gasteiger partial charge in [0.1, 0.15) is 11.6 Å². The Morgan fingerprint density at radius 2 is 1.88 bits per heavy atom. The molecule has 0 unspecified atom stereocenters. The van der Waals surface area contributed by atoms with Gasteiger partial charge < -0.3 is 5.73 Å². The van der Waals surface area contributed by atoms with E-state index in [2.05, 4.69) is 0 Å². The Morgan fingerprint density at radius 3 is 2.35 bits per heavy atom. The van der Waals surface area contributed by atoms with Crippen molar-refractivity contribution in [3.05, 3.63) is 46.3 Å². The molecular weight excluding hydrogens is 244 g/mol. The summed E-state index contributed by atoms with van der Waals surface area (Å²) in [6.45, 7) is 1.68. The van der Waals surface area contributed by atoms with E-state index in [1.807, 2.05) is 0 Å². The van der Waals surface area contributed by atoms with Crippen LogP contribution in [0.5, 0.6) is 0 Å². The zero-order valence-electron chi connectivity index (χ0n) is 8.96. The molecule has 0 bridgehead atoms. The highest BCUT2D eigenvalue weighted by Gasteiger charge is 2.17. The first kappa shape index (κ1) is 11.7. The van der Waals surface area contributed by atoms with Crippen LogP contribution in [0.2, 0.25) is 0 Å². The standard InChI is InChI=1S/C12H9F2NOS/c1-6-5-9(17-11(6)12(15)16)10-7(13)3-2-4-8(10)14/h2-5H,1H3,(H2,15,16). The SMILES string of the molecule is Cc1cc(-c2c(F)cccc2F)sc1C(N)=O. The Hall–Kier alpha value is -1.75. The molecule has 1 amide bonds. The normalized spacial score (nSPS) is 10.5. The monoisotopic (exact) mass is 253 g/mol. The minimum Gasteiger partial charge on any atom is -0.365 e. The summed E-state index contributed by atoms with van der Waals surface area (Å²) in [4.78, 5) is 11.8. The van der Waals surface area contributed by atoms with Crippen molar-refractivity contribution in [2.45, 2.75) is 6.92 Å². The lowest BCUT2D eigenvalue weighted by Gasteiger charge is -2.00. The van der Waals surface area contributed by atoms with Gasteiger partial charge in [0.25, 0.3) is 5.91 Å². The fourth-order valence-electron chi connectivity index (χ4n) is 1.58. The molecule has 0 spiro atoms. The first-order chi connectivity index (χ1) is 8.00. The smallest absolute Gasteiger partial charge is 0.259 e. The molecule has 0 fully saturated rings. The molecule has 0 atom stereocenters. The number of hydrogen-bond donors (Lipinski definition) is 1. The third kappa shape index (κ3) is 2.06. The third-order valence-corrected chi connectivity index (χ3v) is 3.62. The summed E-state index contributed by atoms with van der Waals surface area (Å²) >= 11 is 0.994. The number of halogens is 2. The maximum Gasteiger partial charge on any atom is 0.259 e. The molecule has 2 rings (SSSR count). The topological polar surface area (TPSA) is 43.1 Å². The lowest BCUT2D eigenvalue weighted by molar-refractivity contribution is 0.100. The zero-order chi connectivity index (χ0) is 12.6. The van der Waals surface area contributed by atoms with E-state index < -0.39 is 17.5 Å². The van der Waals surface area contributed by atoms with Crippen LogP contribution in [0.15, 0.2) is 24.3 Å². The number of rotatable bonds is 2. The second kappa shape index (κ2) is 4.25. The molecule has 0 saturated carbocycles. The van der Waals surface area contributed by atoms with Crippen molar-refractivity contribution < 1.29 is 13.6 Å². The average molecular weight is 253 g/mol. The lowest BCUT2D eigenvalue weighted by Crippen LogP contribution is -2.09. The van der Waals surface area contributed by atoms with E-state index in [1.165, 1.54) is 18.2 Å². The minimum absolute atomic E-state index is 0.118. The summed E-state index contributed by atoms with van der Waals surface area (Å²) in [5.74, 6) is -1.89. The number of amides is 1. The molecular formula is C12H9F2NOS. The van der Waals surface area contributed by atoms with E-state index in [4.69, 9.17) is 5.73 Å². The number of hydrogen-bond acceptors (Lipinski definition) is 2. The Bertz CT molecular complexity index is 572. The van der Waals surface area contributed by atoms with Gasteiger partial charge in [0.15, 0.2) is 0 Å². The molecule has 1 heterocycles. The van der Waals surface area contributed by atoms with Crippen LogP contribution >= 0.6 is 11.3 Å². The molecule has 0 aliphatic rings. The molecule has 88 valence electrons. The van der Waals surface area contributed by atoms with Crippen molar-refractivity contribution in [1.82, 2.24) is 0 Å². The fraction of sp³-hybridized carbons (Fsp3) is 0.0833. The van der Waals surface area contributed by atoms with Gasteiger partial charge in [-0.1, -0.05) is 6.07 Å². The molecule has 1 aromatic carbocycles. The highest BCUT2D eigenvalue weighted by Crippen LogP contribution is 2.34. The van der Waals surface area contributed by atoms with E-state index in [1.54, 1.807) is 13.0 Å². The van der Waals surface area contributed by atoms with Gasteiger partial charge in [0.2, 0.25) is 0 Å². The molecule has 0 radical (unpaired) electrons. The van der Waals surface area contributed by atoms with Crippen LogP contribution in [0.3, 0.4) is 0 Å². The largest absolute Gasteiger partial charge is 0.365 e. The van der Waals surface area contributed by atoms with Gasteiger partial charge in [0, 0.05) is 4.88 Å². The van der Waals surface area contributed by atoms with Crippen molar-refractivity contribution in [3.63, 3.8) is 0 Å². The maximum absolute atomic E-state index is 13.5. The van der Waals surface area contributed by atoms with Gasteiger partial charge in [-0.05, 0) is 30.7 Å². The van der Waals surface area contributed by atoms with Gasteiger partial charge in [-0.15, -0.1) is 11.3 Å². The number of carbonyl (C=O) groups is 1. The van der Waals surface area contributed by atoms with E-state index in [-0.39, 0.29) is 5.56 Å². The van der Waals surface area contributed by atoms with Crippen molar-refractivity contribution in [3.8, 4) is 10.4 Å². The molecule has 5 heteroatoms. The second-order valence-corrected chi connectivity index (χ2v) is 4.64. The van der Waals surface area contributed by atoms with E-state index in [0.29, 0.717) is 15.3 Å². The number of nitrogens with two attached hydrogens (primary N) is 1. The molecule has 2 aromatic rings. The van der Waals surface area contributed by atoms with E-state index in [0.717, 1.165) is 11.3 Å². The van der Waals surface area contributed by atoms with Crippen LogP contribution in [0.25, 0.3) is 10.4 Å². The molecule has 1 aromatic heterocycles. The van der Waals surface area contributed by atoms with Gasteiger partial charge >= 0.3 is 0 Å². The molecule has 2 nitrogen and oxygen atoms in total. The Balaban J connectivity index is 2.62. The number of primary amides is 1. The van der Waals surface area contributed by atoms with Gasteiger partial charge in [-0.25, -0.2) is 8.78 Å². The predicted octanol–water partition coefficient (Wildman–Crippen LogP) is 3.10. The minimum atomic E-state index is -0.651. The van der Waals surface area contributed by atoms with Crippen LogP contribution in [0.1, 0.15) is 15.2 Å². The van der Waals surface area contributed by atoms with Crippen LogP contribution in [0.4, 0.5) is 8.78 Å². The maximum atomic E-state index is 13.5. The van der Waals surface area contributed by atoms with E-state index in [9.17, 15) is 13.6 Å². The average Bonchev–Trinajstić information content (AvgIpc) is 2.60. The van der Waals surface area contributed by atoms with Crippen molar-refractivity contribution in [1.29, 1.82) is 0 Å². The van der Waals surface area contributed by atoms with Crippen molar-refractivity contribution in [2.75, 3.05) is 0 Å². The van der Waals surface area contributed by atoms with Gasteiger partial charge in [-0.3, -0.25) is 4.79 Å². The Morgan fingerprint density at radius 1 is 1.29 bits per heavy atom. The van der Waals surface area contributed by atoms with Crippen LogP contribution in [-0.4, -0.2) is 5.91 Å². The third-order valence-electron chi connectivity index (χ3n) is 2.35. The van der Waals surface area contributed by atoms with Crippen molar-refractivity contribution >= 4 is 17.2 Å². The second-order valence-electron chi connectivity index (χ2n) is 3.58. The molecule has 0 aliphatic heterocycles. The highest BCUT2D eigenvalue weighted by molar-refractivity contribution is 7.17. The summed E-state index contributed by atoms with van der Waals surface area (Å²) in [6, 6.07) is 5.21. The number of carbonyl (C=O) groups excluding carboxylic acids is 1. The van der Waals surface area contributed by atoms with Crippen LogP contribution in [0, 0.1) is 18.6 Å². The number of benzene rings is 1.